The SMILES string of the molecule is COC(=O)C1=CCC(C)(C)C=N1. The molecule has 1 aliphatic rings. The van der Waals surface area contributed by atoms with Crippen LogP contribution in [0.15, 0.2) is 16.8 Å². The second kappa shape index (κ2) is 3.09. The number of ether oxygens (including phenoxy) is 1. The Morgan fingerprint density at radius 3 is 2.75 bits per heavy atom. The molecule has 3 heteroatoms. The van der Waals surface area contributed by atoms with E-state index < -0.39 is 0 Å². The standard InChI is InChI=1S/C9H13NO2/c1-9(2)5-4-7(10-6-9)8(11)12-3/h4,6H,5H2,1-3H3. The maximum atomic E-state index is 11.0. The fraction of sp³-hybridized carbons (Fsp3) is 0.556. The van der Waals surface area contributed by atoms with Crippen molar-refractivity contribution in [2.75, 3.05) is 7.11 Å². The molecule has 0 aliphatic carbocycles. The first-order chi connectivity index (χ1) is 5.55. The van der Waals surface area contributed by atoms with Gasteiger partial charge in [-0.25, -0.2) is 4.79 Å². The van der Waals surface area contributed by atoms with Crippen LogP contribution in [0.3, 0.4) is 0 Å². The third-order valence-corrected chi connectivity index (χ3v) is 1.77. The summed E-state index contributed by atoms with van der Waals surface area (Å²) >= 11 is 0. The molecule has 0 atom stereocenters. The quantitative estimate of drug-likeness (QED) is 0.556. The molecule has 12 heavy (non-hydrogen) atoms. The van der Waals surface area contributed by atoms with E-state index in [4.69, 9.17) is 0 Å². The molecule has 0 aromatic rings. The van der Waals surface area contributed by atoms with Crippen LogP contribution in [0, 0.1) is 5.41 Å². The molecule has 0 spiro atoms. The predicted octanol–water partition coefficient (Wildman–Crippen LogP) is 1.54. The lowest BCUT2D eigenvalue weighted by Crippen LogP contribution is -2.17. The van der Waals surface area contributed by atoms with Gasteiger partial charge in [-0.05, 0) is 6.42 Å². The van der Waals surface area contributed by atoms with E-state index in [2.05, 4.69) is 23.6 Å². The summed E-state index contributed by atoms with van der Waals surface area (Å²) in [4.78, 5) is 15.0. The van der Waals surface area contributed by atoms with E-state index in [1.807, 2.05) is 6.08 Å². The van der Waals surface area contributed by atoms with Crippen molar-refractivity contribution in [3.63, 3.8) is 0 Å². The number of methoxy groups -OCH3 is 1. The minimum Gasteiger partial charge on any atom is -0.464 e. The second-order valence-electron chi connectivity index (χ2n) is 3.53. The molecule has 0 aromatic carbocycles. The lowest BCUT2D eigenvalue weighted by Gasteiger charge is -2.20. The van der Waals surface area contributed by atoms with E-state index in [0.717, 1.165) is 6.42 Å². The first-order valence-corrected chi connectivity index (χ1v) is 3.89. The van der Waals surface area contributed by atoms with Gasteiger partial charge in [-0.15, -0.1) is 0 Å². The van der Waals surface area contributed by atoms with Crippen LogP contribution in [-0.4, -0.2) is 19.3 Å². The third-order valence-electron chi connectivity index (χ3n) is 1.77. The van der Waals surface area contributed by atoms with Gasteiger partial charge in [-0.2, -0.15) is 0 Å². The van der Waals surface area contributed by atoms with Crippen LogP contribution in [-0.2, 0) is 9.53 Å². The molecule has 0 fully saturated rings. The Morgan fingerprint density at radius 2 is 2.33 bits per heavy atom. The van der Waals surface area contributed by atoms with E-state index in [-0.39, 0.29) is 11.4 Å². The highest BCUT2D eigenvalue weighted by Gasteiger charge is 2.20. The highest BCUT2D eigenvalue weighted by Crippen LogP contribution is 2.24. The highest BCUT2D eigenvalue weighted by atomic mass is 16.5. The van der Waals surface area contributed by atoms with Gasteiger partial charge >= 0.3 is 5.97 Å². The summed E-state index contributed by atoms with van der Waals surface area (Å²) in [6, 6.07) is 0. The fourth-order valence-corrected chi connectivity index (χ4v) is 0.950. The van der Waals surface area contributed by atoms with E-state index in [1.165, 1.54) is 7.11 Å². The minimum atomic E-state index is -0.359. The molecular weight excluding hydrogens is 154 g/mol. The van der Waals surface area contributed by atoms with Crippen molar-refractivity contribution < 1.29 is 9.53 Å². The van der Waals surface area contributed by atoms with Gasteiger partial charge in [0.1, 0.15) is 5.70 Å². The van der Waals surface area contributed by atoms with Crippen molar-refractivity contribution in [1.29, 1.82) is 0 Å². The maximum absolute atomic E-state index is 11.0. The van der Waals surface area contributed by atoms with Crippen molar-refractivity contribution in [2.24, 2.45) is 10.4 Å². The second-order valence-corrected chi connectivity index (χ2v) is 3.53. The zero-order chi connectivity index (χ0) is 9.19. The first kappa shape index (κ1) is 8.97. The summed E-state index contributed by atoms with van der Waals surface area (Å²) in [5, 5.41) is 0. The fourth-order valence-electron chi connectivity index (χ4n) is 0.950. The number of hydrogen-bond donors (Lipinski definition) is 0. The first-order valence-electron chi connectivity index (χ1n) is 3.89. The number of carbonyl (C=O) groups is 1. The average Bonchev–Trinajstić information content (AvgIpc) is 2.03. The largest absolute Gasteiger partial charge is 0.464 e. The molecule has 1 aliphatic heterocycles. The molecule has 0 N–H and O–H groups in total. The molecule has 0 saturated carbocycles. The van der Waals surface area contributed by atoms with Gasteiger partial charge in [0.15, 0.2) is 0 Å². The Balaban J connectivity index is 2.71. The van der Waals surface area contributed by atoms with Crippen molar-refractivity contribution in [1.82, 2.24) is 0 Å². The average molecular weight is 167 g/mol. The number of esters is 1. The van der Waals surface area contributed by atoms with Crippen molar-refractivity contribution in [3.8, 4) is 0 Å². The smallest absolute Gasteiger partial charge is 0.356 e. The zero-order valence-electron chi connectivity index (χ0n) is 7.63. The Labute approximate surface area is 72.1 Å². The predicted molar refractivity (Wildman–Crippen MR) is 47.0 cm³/mol. The van der Waals surface area contributed by atoms with Crippen LogP contribution < -0.4 is 0 Å². The third kappa shape index (κ3) is 1.94. The van der Waals surface area contributed by atoms with E-state index in [0.29, 0.717) is 5.70 Å². The molecule has 66 valence electrons. The monoisotopic (exact) mass is 167 g/mol. The van der Waals surface area contributed by atoms with E-state index >= 15 is 0 Å². The molecule has 0 saturated heterocycles. The van der Waals surface area contributed by atoms with Crippen LogP contribution in [0.25, 0.3) is 0 Å². The number of hydrogen-bond acceptors (Lipinski definition) is 3. The molecular formula is C9H13NO2. The maximum Gasteiger partial charge on any atom is 0.356 e. The lowest BCUT2D eigenvalue weighted by atomic mass is 9.89. The van der Waals surface area contributed by atoms with Gasteiger partial charge in [0.2, 0.25) is 0 Å². The lowest BCUT2D eigenvalue weighted by molar-refractivity contribution is -0.136. The van der Waals surface area contributed by atoms with Crippen LogP contribution >= 0.6 is 0 Å². The van der Waals surface area contributed by atoms with E-state index in [1.54, 1.807) is 6.21 Å². The Kier molecular flexibility index (Phi) is 2.31. The minimum absolute atomic E-state index is 0.0670. The van der Waals surface area contributed by atoms with Gasteiger partial charge in [0, 0.05) is 11.6 Å². The molecule has 0 bridgehead atoms. The highest BCUT2D eigenvalue weighted by molar-refractivity contribution is 5.91. The normalized spacial score (nSPS) is 20.1. The summed E-state index contributed by atoms with van der Waals surface area (Å²) in [6.07, 6.45) is 4.44. The van der Waals surface area contributed by atoms with Crippen LogP contribution in [0.2, 0.25) is 0 Å². The van der Waals surface area contributed by atoms with Crippen molar-refractivity contribution >= 4 is 12.2 Å². The molecule has 3 nitrogen and oxygen atoms in total. The Bertz CT molecular complexity index is 251. The van der Waals surface area contributed by atoms with Crippen LogP contribution in [0.1, 0.15) is 20.3 Å². The Hall–Kier alpha value is -1.12. The summed E-state index contributed by atoms with van der Waals surface area (Å²) < 4.78 is 4.54. The number of aliphatic imine (C=N–C) groups is 1. The summed E-state index contributed by atoms with van der Waals surface area (Å²) in [5.41, 5.74) is 0.481. The topological polar surface area (TPSA) is 38.7 Å². The molecule has 1 rings (SSSR count). The van der Waals surface area contributed by atoms with Crippen LogP contribution in [0.5, 0.6) is 0 Å². The molecule has 0 unspecified atom stereocenters. The zero-order valence-corrected chi connectivity index (χ0v) is 7.63. The number of allylic oxidation sites excluding steroid dienone is 1. The summed E-state index contributed by atoms with van der Waals surface area (Å²) in [6.45, 7) is 4.14. The molecule has 1 heterocycles. The number of rotatable bonds is 1. The van der Waals surface area contributed by atoms with Gasteiger partial charge in [0.25, 0.3) is 0 Å². The van der Waals surface area contributed by atoms with Crippen LogP contribution in [0.4, 0.5) is 0 Å². The number of carbonyl (C=O) groups excluding carboxylic acids is 1. The summed E-state index contributed by atoms with van der Waals surface area (Å²) in [7, 11) is 1.36. The molecule has 0 aromatic heterocycles. The van der Waals surface area contributed by atoms with Crippen molar-refractivity contribution in [3.05, 3.63) is 11.8 Å². The summed E-state index contributed by atoms with van der Waals surface area (Å²) in [5.74, 6) is -0.359. The van der Waals surface area contributed by atoms with Gasteiger partial charge in [0.05, 0.1) is 7.11 Å². The molecule has 0 radical (unpaired) electrons. The van der Waals surface area contributed by atoms with E-state index in [9.17, 15) is 4.79 Å². The Morgan fingerprint density at radius 1 is 1.67 bits per heavy atom. The van der Waals surface area contributed by atoms with Crippen molar-refractivity contribution in [2.45, 2.75) is 20.3 Å². The van der Waals surface area contributed by atoms with Gasteiger partial charge in [-0.3, -0.25) is 4.99 Å². The van der Waals surface area contributed by atoms with Gasteiger partial charge < -0.3 is 4.74 Å². The van der Waals surface area contributed by atoms with Gasteiger partial charge in [-0.1, -0.05) is 19.9 Å². The number of nitrogens with zero attached hydrogens (tertiary/aromatic N) is 1. The molecule has 0 amide bonds.